The maximum atomic E-state index is 13.0. The topological polar surface area (TPSA) is 85.9 Å². The third kappa shape index (κ3) is 5.52. The summed E-state index contributed by atoms with van der Waals surface area (Å²) in [5.74, 6) is -0.166. The summed E-state index contributed by atoms with van der Waals surface area (Å²) in [7, 11) is 0. The number of aromatic amines is 1. The molecular formula is C24H38N4O4. The highest BCUT2D eigenvalue weighted by Crippen LogP contribution is 2.23. The number of piperazine rings is 1. The van der Waals surface area contributed by atoms with Gasteiger partial charge in [0.05, 0.1) is 12.5 Å². The van der Waals surface area contributed by atoms with Gasteiger partial charge in [-0.1, -0.05) is 6.92 Å². The van der Waals surface area contributed by atoms with E-state index in [9.17, 15) is 14.4 Å². The first-order chi connectivity index (χ1) is 15.3. The summed E-state index contributed by atoms with van der Waals surface area (Å²) in [5.41, 5.74) is 3.22. The van der Waals surface area contributed by atoms with Crippen molar-refractivity contribution in [3.63, 3.8) is 0 Å². The van der Waals surface area contributed by atoms with Crippen LogP contribution in [0.15, 0.2) is 0 Å². The minimum atomic E-state index is -0.358. The number of esters is 1. The third-order valence-electron chi connectivity index (χ3n) is 6.92. The molecule has 0 radical (unpaired) electrons. The van der Waals surface area contributed by atoms with Gasteiger partial charge in [0, 0.05) is 51.4 Å². The summed E-state index contributed by atoms with van der Waals surface area (Å²) in [6, 6.07) is 0. The molecule has 2 aliphatic rings. The third-order valence-corrected chi connectivity index (χ3v) is 6.92. The van der Waals surface area contributed by atoms with Crippen LogP contribution in [0.1, 0.15) is 60.4 Å². The lowest BCUT2D eigenvalue weighted by molar-refractivity contribution is -0.142. The first kappa shape index (κ1) is 24.3. The number of carbonyl (C=O) groups is 3. The van der Waals surface area contributed by atoms with Crippen molar-refractivity contribution in [3.05, 3.63) is 22.5 Å². The number of likely N-dealkylation sites (tertiary alicyclic amines) is 1. The Morgan fingerprint density at radius 3 is 2.41 bits per heavy atom. The molecule has 2 saturated heterocycles. The molecule has 32 heavy (non-hydrogen) atoms. The summed E-state index contributed by atoms with van der Waals surface area (Å²) >= 11 is 0. The highest BCUT2D eigenvalue weighted by Gasteiger charge is 2.32. The molecule has 1 aromatic rings. The Balaban J connectivity index is 1.55. The van der Waals surface area contributed by atoms with E-state index in [1.54, 1.807) is 6.92 Å². The Hall–Kier alpha value is -2.35. The summed E-state index contributed by atoms with van der Waals surface area (Å²) < 4.78 is 5.11. The van der Waals surface area contributed by atoms with Crippen LogP contribution in [-0.2, 0) is 20.7 Å². The molecule has 8 heteroatoms. The van der Waals surface area contributed by atoms with Crippen LogP contribution in [-0.4, -0.2) is 89.9 Å². The van der Waals surface area contributed by atoms with E-state index in [2.05, 4.69) is 16.8 Å². The molecule has 0 saturated carbocycles. The van der Waals surface area contributed by atoms with Gasteiger partial charge in [-0.3, -0.25) is 9.59 Å². The zero-order valence-corrected chi connectivity index (χ0v) is 20.0. The van der Waals surface area contributed by atoms with E-state index in [4.69, 9.17) is 4.74 Å². The molecule has 3 heterocycles. The standard InChI is InChI=1S/C24H38N4O4/c1-5-26-12-14-27(15-13-26)23(30)19-8-7-11-28(16-19)21(29)10-9-20-17(3)22(25-18(20)4)24(31)32-6-2/h19,25H,5-16H2,1-4H3/t19-/m0/s1. The van der Waals surface area contributed by atoms with Gasteiger partial charge >= 0.3 is 5.97 Å². The van der Waals surface area contributed by atoms with Crippen molar-refractivity contribution in [1.29, 1.82) is 0 Å². The fraction of sp³-hybridized carbons (Fsp3) is 0.708. The van der Waals surface area contributed by atoms with Gasteiger partial charge in [0.25, 0.3) is 0 Å². The van der Waals surface area contributed by atoms with Gasteiger partial charge in [-0.05, 0) is 57.7 Å². The van der Waals surface area contributed by atoms with Crippen molar-refractivity contribution in [3.8, 4) is 0 Å². The molecule has 0 spiro atoms. The van der Waals surface area contributed by atoms with E-state index in [1.165, 1.54) is 0 Å². The van der Waals surface area contributed by atoms with Crippen LogP contribution >= 0.6 is 0 Å². The first-order valence-corrected chi connectivity index (χ1v) is 12.0. The Bertz CT molecular complexity index is 826. The van der Waals surface area contributed by atoms with Crippen molar-refractivity contribution < 1.29 is 19.1 Å². The average molecular weight is 447 g/mol. The molecule has 0 aliphatic carbocycles. The average Bonchev–Trinajstić information content (AvgIpc) is 3.10. The second kappa shape index (κ2) is 11.0. The Morgan fingerprint density at radius 1 is 1.03 bits per heavy atom. The zero-order chi connectivity index (χ0) is 23.3. The Kier molecular flexibility index (Phi) is 8.34. The molecule has 0 aromatic carbocycles. The summed E-state index contributed by atoms with van der Waals surface area (Å²) in [5, 5.41) is 0. The maximum absolute atomic E-state index is 13.0. The molecule has 1 N–H and O–H groups in total. The Morgan fingerprint density at radius 2 is 1.75 bits per heavy atom. The second-order valence-electron chi connectivity index (χ2n) is 8.89. The summed E-state index contributed by atoms with van der Waals surface area (Å²) in [6.45, 7) is 13.8. The number of nitrogens with zero attached hydrogens (tertiary/aromatic N) is 3. The molecule has 1 aromatic heterocycles. The molecule has 0 bridgehead atoms. The molecule has 3 rings (SSSR count). The largest absolute Gasteiger partial charge is 0.461 e. The number of amides is 2. The predicted molar refractivity (Wildman–Crippen MR) is 123 cm³/mol. The second-order valence-corrected chi connectivity index (χ2v) is 8.89. The number of carbonyl (C=O) groups excluding carboxylic acids is 3. The molecule has 178 valence electrons. The predicted octanol–water partition coefficient (Wildman–Crippen LogP) is 2.14. The number of hydrogen-bond donors (Lipinski definition) is 1. The molecule has 8 nitrogen and oxygen atoms in total. The van der Waals surface area contributed by atoms with Crippen molar-refractivity contribution in [2.24, 2.45) is 5.92 Å². The number of likely N-dealkylation sites (N-methyl/N-ethyl adjacent to an activating group) is 1. The lowest BCUT2D eigenvalue weighted by atomic mass is 9.95. The molecule has 0 unspecified atom stereocenters. The quantitative estimate of drug-likeness (QED) is 0.649. The van der Waals surface area contributed by atoms with Crippen molar-refractivity contribution in [2.45, 2.75) is 53.4 Å². The normalized spacial score (nSPS) is 19.8. The molecule has 2 fully saturated rings. The molecule has 2 amide bonds. The zero-order valence-electron chi connectivity index (χ0n) is 20.0. The van der Waals surface area contributed by atoms with Gasteiger partial charge in [-0.2, -0.15) is 0 Å². The van der Waals surface area contributed by atoms with Crippen LogP contribution < -0.4 is 0 Å². The lowest BCUT2D eigenvalue weighted by Gasteiger charge is -2.38. The summed E-state index contributed by atoms with van der Waals surface area (Å²) in [6.07, 6.45) is 2.67. The highest BCUT2D eigenvalue weighted by molar-refractivity contribution is 5.90. The monoisotopic (exact) mass is 446 g/mol. The number of ether oxygens (including phenoxy) is 1. The van der Waals surface area contributed by atoms with Crippen LogP contribution in [0.5, 0.6) is 0 Å². The van der Waals surface area contributed by atoms with E-state index in [-0.39, 0.29) is 23.7 Å². The number of nitrogens with one attached hydrogen (secondary N) is 1. The number of H-pyrrole nitrogens is 1. The first-order valence-electron chi connectivity index (χ1n) is 12.0. The smallest absolute Gasteiger partial charge is 0.355 e. The highest BCUT2D eigenvalue weighted by atomic mass is 16.5. The van der Waals surface area contributed by atoms with E-state index in [0.717, 1.165) is 62.4 Å². The SMILES string of the molecule is CCOC(=O)c1[nH]c(C)c(CCC(=O)N2CCC[C@H](C(=O)N3CCN(CC)CC3)C2)c1C. The number of aryl methyl sites for hydroxylation is 1. The fourth-order valence-electron chi connectivity index (χ4n) is 4.91. The summed E-state index contributed by atoms with van der Waals surface area (Å²) in [4.78, 5) is 47.4. The van der Waals surface area contributed by atoms with Crippen LogP contribution in [0.25, 0.3) is 0 Å². The van der Waals surface area contributed by atoms with Crippen LogP contribution in [0.2, 0.25) is 0 Å². The fourth-order valence-corrected chi connectivity index (χ4v) is 4.91. The lowest BCUT2D eigenvalue weighted by Crippen LogP contribution is -2.52. The van der Waals surface area contributed by atoms with Crippen LogP contribution in [0, 0.1) is 19.8 Å². The van der Waals surface area contributed by atoms with Gasteiger partial charge in [-0.25, -0.2) is 4.79 Å². The minimum absolute atomic E-state index is 0.0796. The van der Waals surface area contributed by atoms with Crippen LogP contribution in [0.3, 0.4) is 0 Å². The number of aromatic nitrogens is 1. The van der Waals surface area contributed by atoms with Gasteiger partial charge in [0.2, 0.25) is 11.8 Å². The van der Waals surface area contributed by atoms with E-state index < -0.39 is 0 Å². The maximum Gasteiger partial charge on any atom is 0.355 e. The molecular weight excluding hydrogens is 408 g/mol. The van der Waals surface area contributed by atoms with E-state index >= 15 is 0 Å². The number of hydrogen-bond acceptors (Lipinski definition) is 5. The van der Waals surface area contributed by atoms with Crippen molar-refractivity contribution in [2.75, 3.05) is 52.4 Å². The number of piperidine rings is 1. The number of rotatable bonds is 7. The van der Waals surface area contributed by atoms with E-state index in [1.807, 2.05) is 23.6 Å². The van der Waals surface area contributed by atoms with Gasteiger partial charge in [-0.15, -0.1) is 0 Å². The van der Waals surface area contributed by atoms with Crippen molar-refractivity contribution >= 4 is 17.8 Å². The van der Waals surface area contributed by atoms with Gasteiger partial charge in [0.1, 0.15) is 5.69 Å². The van der Waals surface area contributed by atoms with Gasteiger partial charge in [0.15, 0.2) is 0 Å². The Labute approximate surface area is 191 Å². The molecule has 2 aliphatic heterocycles. The van der Waals surface area contributed by atoms with Crippen LogP contribution in [0.4, 0.5) is 0 Å². The molecule has 1 atom stereocenters. The van der Waals surface area contributed by atoms with E-state index in [0.29, 0.717) is 38.2 Å². The van der Waals surface area contributed by atoms with Gasteiger partial charge < -0.3 is 24.4 Å². The minimum Gasteiger partial charge on any atom is -0.461 e. The van der Waals surface area contributed by atoms with Crippen molar-refractivity contribution in [1.82, 2.24) is 19.7 Å².